The SMILES string of the molecule is CCOC(=O)[C@H]([NH3+])[C@@H](O)c1cccc([N+](=O)[O-])c1. The third-order valence-electron chi connectivity index (χ3n) is 2.39. The van der Waals surface area contributed by atoms with Crippen LogP contribution >= 0.6 is 0 Å². The summed E-state index contributed by atoms with van der Waals surface area (Å²) in [6.45, 7) is 1.83. The Morgan fingerprint density at radius 3 is 2.83 bits per heavy atom. The Kier molecular flexibility index (Phi) is 4.75. The van der Waals surface area contributed by atoms with E-state index in [1.807, 2.05) is 0 Å². The fourth-order valence-corrected chi connectivity index (χ4v) is 1.43. The molecule has 1 rings (SSSR count). The van der Waals surface area contributed by atoms with Crippen molar-refractivity contribution in [1.29, 1.82) is 0 Å². The number of non-ortho nitro benzene ring substituents is 1. The minimum absolute atomic E-state index is 0.150. The van der Waals surface area contributed by atoms with Gasteiger partial charge >= 0.3 is 5.97 Å². The molecule has 0 aromatic heterocycles. The van der Waals surface area contributed by atoms with Crippen molar-refractivity contribution in [3.05, 3.63) is 39.9 Å². The van der Waals surface area contributed by atoms with Gasteiger partial charge in [0.2, 0.25) is 6.04 Å². The number of rotatable bonds is 5. The van der Waals surface area contributed by atoms with E-state index in [1.54, 1.807) is 6.92 Å². The van der Waals surface area contributed by atoms with Gasteiger partial charge in [0.1, 0.15) is 6.10 Å². The Morgan fingerprint density at radius 2 is 2.28 bits per heavy atom. The summed E-state index contributed by atoms with van der Waals surface area (Å²) in [4.78, 5) is 21.4. The number of nitro benzene ring substituents is 1. The topological polar surface area (TPSA) is 117 Å². The Hall–Kier alpha value is -1.99. The molecule has 0 heterocycles. The molecule has 1 aromatic carbocycles. The molecule has 0 saturated heterocycles. The molecule has 0 saturated carbocycles. The summed E-state index contributed by atoms with van der Waals surface area (Å²) < 4.78 is 4.73. The van der Waals surface area contributed by atoms with Crippen LogP contribution in [0.15, 0.2) is 24.3 Å². The van der Waals surface area contributed by atoms with E-state index < -0.39 is 23.0 Å². The van der Waals surface area contributed by atoms with Crippen molar-refractivity contribution >= 4 is 11.7 Å². The highest BCUT2D eigenvalue weighted by Gasteiger charge is 2.29. The highest BCUT2D eigenvalue weighted by molar-refractivity contribution is 5.75. The molecule has 0 amide bonds. The zero-order chi connectivity index (χ0) is 13.7. The number of nitro groups is 1. The van der Waals surface area contributed by atoms with Gasteiger partial charge in [-0.25, -0.2) is 4.79 Å². The lowest BCUT2D eigenvalue weighted by molar-refractivity contribution is -0.426. The third-order valence-corrected chi connectivity index (χ3v) is 2.39. The number of esters is 1. The first-order chi connectivity index (χ1) is 8.47. The fourth-order valence-electron chi connectivity index (χ4n) is 1.43. The number of carbonyl (C=O) groups excluding carboxylic acids is 1. The Morgan fingerprint density at radius 1 is 1.61 bits per heavy atom. The lowest BCUT2D eigenvalue weighted by Gasteiger charge is -2.14. The van der Waals surface area contributed by atoms with Crippen LogP contribution in [0.4, 0.5) is 5.69 Å². The second-order valence-electron chi connectivity index (χ2n) is 3.66. The van der Waals surface area contributed by atoms with E-state index in [1.165, 1.54) is 24.3 Å². The summed E-state index contributed by atoms with van der Waals surface area (Å²) in [6, 6.07) is 4.43. The Bertz CT molecular complexity index is 449. The average molecular weight is 255 g/mol. The molecular formula is C11H15N2O5+. The van der Waals surface area contributed by atoms with E-state index in [4.69, 9.17) is 4.74 Å². The van der Waals surface area contributed by atoms with Gasteiger partial charge in [-0.1, -0.05) is 12.1 Å². The molecule has 0 unspecified atom stereocenters. The second kappa shape index (κ2) is 6.08. The number of ether oxygens (including phenoxy) is 1. The van der Waals surface area contributed by atoms with Crippen LogP contribution < -0.4 is 5.73 Å². The van der Waals surface area contributed by atoms with E-state index >= 15 is 0 Å². The van der Waals surface area contributed by atoms with E-state index in [9.17, 15) is 20.0 Å². The van der Waals surface area contributed by atoms with Crippen molar-refractivity contribution in [2.24, 2.45) is 0 Å². The number of carbonyl (C=O) groups is 1. The summed E-state index contributed by atoms with van der Waals surface area (Å²) in [5, 5.41) is 20.5. The van der Waals surface area contributed by atoms with Gasteiger partial charge in [-0.2, -0.15) is 0 Å². The first-order valence-electron chi connectivity index (χ1n) is 5.39. The summed E-state index contributed by atoms with van der Waals surface area (Å²) in [5.41, 5.74) is 3.62. The second-order valence-corrected chi connectivity index (χ2v) is 3.66. The maximum absolute atomic E-state index is 11.4. The standard InChI is InChI=1S/C11H14N2O5/c1-2-18-11(15)9(12)10(14)7-4-3-5-8(6-7)13(16)17/h3-6,9-10,14H,2,12H2,1H3/p+1/t9-,10+/m1/s1. The number of nitrogens with zero attached hydrogens (tertiary/aromatic N) is 1. The maximum atomic E-state index is 11.4. The van der Waals surface area contributed by atoms with Crippen molar-refractivity contribution in [1.82, 2.24) is 0 Å². The van der Waals surface area contributed by atoms with Gasteiger partial charge < -0.3 is 15.6 Å². The predicted octanol–water partition coefficient (Wildman–Crippen LogP) is -0.198. The Labute approximate surface area is 103 Å². The van der Waals surface area contributed by atoms with Crippen molar-refractivity contribution in [3.63, 3.8) is 0 Å². The number of benzene rings is 1. The lowest BCUT2D eigenvalue weighted by atomic mass is 10.0. The lowest BCUT2D eigenvalue weighted by Crippen LogP contribution is -2.68. The molecule has 0 spiro atoms. The third kappa shape index (κ3) is 3.25. The molecule has 18 heavy (non-hydrogen) atoms. The quantitative estimate of drug-likeness (QED) is 0.429. The van der Waals surface area contributed by atoms with Gasteiger partial charge in [0.05, 0.1) is 11.5 Å². The van der Waals surface area contributed by atoms with E-state index in [2.05, 4.69) is 5.73 Å². The smallest absolute Gasteiger partial charge is 0.367 e. The summed E-state index contributed by atoms with van der Waals surface area (Å²) in [6.07, 6.45) is -1.23. The molecule has 2 atom stereocenters. The van der Waals surface area contributed by atoms with E-state index in [0.29, 0.717) is 0 Å². The average Bonchev–Trinajstić information content (AvgIpc) is 2.37. The minimum Gasteiger partial charge on any atom is -0.462 e. The molecule has 0 aliphatic rings. The van der Waals surface area contributed by atoms with Gasteiger partial charge in [-0.15, -0.1) is 0 Å². The molecule has 0 bridgehead atoms. The number of hydrogen-bond acceptors (Lipinski definition) is 5. The molecule has 1 aromatic rings. The summed E-state index contributed by atoms with van der Waals surface area (Å²) in [5.74, 6) is -0.642. The number of quaternary nitrogens is 1. The van der Waals surface area contributed by atoms with Gasteiger partial charge in [0, 0.05) is 12.1 Å². The zero-order valence-electron chi connectivity index (χ0n) is 9.91. The molecular weight excluding hydrogens is 240 g/mol. The molecule has 7 nitrogen and oxygen atoms in total. The minimum atomic E-state index is -1.23. The molecule has 0 radical (unpaired) electrons. The predicted molar refractivity (Wildman–Crippen MR) is 61.4 cm³/mol. The van der Waals surface area contributed by atoms with Gasteiger partial charge in [0.15, 0.2) is 0 Å². The van der Waals surface area contributed by atoms with Crippen LogP contribution in [-0.4, -0.2) is 28.6 Å². The van der Waals surface area contributed by atoms with Gasteiger partial charge in [-0.3, -0.25) is 10.1 Å². The molecule has 7 heteroatoms. The highest BCUT2D eigenvalue weighted by Crippen LogP contribution is 2.20. The molecule has 0 aliphatic carbocycles. The largest absolute Gasteiger partial charge is 0.462 e. The molecule has 0 aliphatic heterocycles. The first-order valence-corrected chi connectivity index (χ1v) is 5.39. The Balaban J connectivity index is 2.89. The maximum Gasteiger partial charge on any atom is 0.367 e. The van der Waals surface area contributed by atoms with Crippen molar-refractivity contribution in [2.75, 3.05) is 6.61 Å². The number of aliphatic hydroxyl groups excluding tert-OH is 1. The summed E-state index contributed by atoms with van der Waals surface area (Å²) >= 11 is 0. The molecule has 0 fully saturated rings. The van der Waals surface area contributed by atoms with Gasteiger partial charge in [0.25, 0.3) is 5.69 Å². The van der Waals surface area contributed by atoms with Crippen LogP contribution in [0.3, 0.4) is 0 Å². The highest BCUT2D eigenvalue weighted by atomic mass is 16.6. The molecule has 98 valence electrons. The zero-order valence-corrected chi connectivity index (χ0v) is 9.91. The van der Waals surface area contributed by atoms with Gasteiger partial charge in [-0.05, 0) is 12.5 Å². The number of hydrogen-bond donors (Lipinski definition) is 2. The van der Waals surface area contributed by atoms with Crippen LogP contribution in [0.25, 0.3) is 0 Å². The van der Waals surface area contributed by atoms with Crippen LogP contribution in [0.5, 0.6) is 0 Å². The summed E-state index contributed by atoms with van der Waals surface area (Å²) in [7, 11) is 0. The fraction of sp³-hybridized carbons (Fsp3) is 0.364. The first kappa shape index (κ1) is 14.1. The van der Waals surface area contributed by atoms with Crippen molar-refractivity contribution < 1.29 is 25.3 Å². The van der Waals surface area contributed by atoms with Crippen molar-refractivity contribution in [3.8, 4) is 0 Å². The van der Waals surface area contributed by atoms with Crippen LogP contribution in [0.1, 0.15) is 18.6 Å². The van der Waals surface area contributed by atoms with E-state index in [0.717, 1.165) is 0 Å². The van der Waals surface area contributed by atoms with Crippen LogP contribution in [0.2, 0.25) is 0 Å². The normalized spacial score (nSPS) is 13.7. The number of aliphatic hydroxyl groups is 1. The van der Waals surface area contributed by atoms with Crippen molar-refractivity contribution in [2.45, 2.75) is 19.1 Å². The van der Waals surface area contributed by atoms with Crippen LogP contribution in [-0.2, 0) is 9.53 Å². The molecule has 4 N–H and O–H groups in total. The van der Waals surface area contributed by atoms with E-state index in [-0.39, 0.29) is 17.9 Å². The monoisotopic (exact) mass is 255 g/mol. The van der Waals surface area contributed by atoms with Crippen LogP contribution in [0, 0.1) is 10.1 Å².